The maximum absolute atomic E-state index is 12.4. The molecule has 100 valence electrons. The second-order valence-electron chi connectivity index (χ2n) is 4.73. The Labute approximate surface area is 112 Å². The van der Waals surface area contributed by atoms with E-state index in [0.717, 1.165) is 4.40 Å². The minimum Gasteiger partial charge on any atom is -0.273 e. The fourth-order valence-corrected chi connectivity index (χ4v) is 2.26. The van der Waals surface area contributed by atoms with Crippen LogP contribution in [-0.4, -0.2) is 14.4 Å². The highest BCUT2D eigenvalue weighted by molar-refractivity contribution is 5.79. The molecule has 0 saturated heterocycles. The van der Waals surface area contributed by atoms with Gasteiger partial charge in [-0.1, -0.05) is 17.7 Å². The molecular weight excluding hydrogens is 258 g/mol. The van der Waals surface area contributed by atoms with Crippen LogP contribution >= 0.6 is 0 Å². The number of aromatic amines is 1. The lowest BCUT2D eigenvalue weighted by Gasteiger charge is -2.03. The van der Waals surface area contributed by atoms with Crippen LogP contribution in [0.3, 0.4) is 0 Å². The number of rotatable bonds is 0. The first-order chi connectivity index (χ1) is 9.50. The highest BCUT2D eigenvalue weighted by Crippen LogP contribution is 2.05. The van der Waals surface area contributed by atoms with E-state index < -0.39 is 16.8 Å². The van der Waals surface area contributed by atoms with E-state index in [9.17, 15) is 14.4 Å². The number of benzene rings is 1. The molecule has 0 saturated carbocycles. The van der Waals surface area contributed by atoms with Gasteiger partial charge in [-0.3, -0.25) is 14.6 Å². The number of fused-ring (bicyclic) bond motifs is 2. The van der Waals surface area contributed by atoms with E-state index in [4.69, 9.17) is 0 Å². The number of nitrogens with one attached hydrogen (secondary N) is 1. The van der Waals surface area contributed by atoms with Crippen LogP contribution < -0.4 is 22.0 Å². The molecule has 1 N–H and O–H groups in total. The molecule has 0 unspecified atom stereocenters. The van der Waals surface area contributed by atoms with Crippen molar-refractivity contribution in [2.45, 2.75) is 13.8 Å². The van der Waals surface area contributed by atoms with Gasteiger partial charge in [0.05, 0.1) is 16.1 Å². The summed E-state index contributed by atoms with van der Waals surface area (Å²) in [6.07, 6.45) is 0. The molecule has 6 nitrogen and oxygen atoms in total. The zero-order valence-electron chi connectivity index (χ0n) is 10.9. The van der Waals surface area contributed by atoms with Crippen molar-refractivity contribution in [3.8, 4) is 0 Å². The van der Waals surface area contributed by atoms with E-state index >= 15 is 0 Å². The summed E-state index contributed by atoms with van der Waals surface area (Å²) in [4.78, 5) is 42.7. The van der Waals surface area contributed by atoms with Crippen LogP contribution in [0.15, 0.2) is 38.6 Å². The molecule has 0 spiro atoms. The van der Waals surface area contributed by atoms with Gasteiger partial charge in [-0.25, -0.2) is 14.2 Å². The van der Waals surface area contributed by atoms with Crippen LogP contribution in [0.2, 0.25) is 0 Å². The summed E-state index contributed by atoms with van der Waals surface area (Å²) in [6.45, 7) is 3.47. The van der Waals surface area contributed by atoms with Crippen LogP contribution in [-0.2, 0) is 0 Å². The zero-order valence-corrected chi connectivity index (χ0v) is 10.9. The maximum atomic E-state index is 12.4. The van der Waals surface area contributed by atoms with Gasteiger partial charge in [0.2, 0.25) is 0 Å². The molecule has 0 bridgehead atoms. The standard InChI is InChI=1S/C14H11N3O3/c1-7(2)10-11-15-9-6-4-3-5-8(9)13(19)17(11)14(20)16-12(10)18/h3-6H,1-2H3,(H,16,18,20). The molecule has 0 radical (unpaired) electrons. The Balaban J connectivity index is 2.85. The van der Waals surface area contributed by atoms with Crippen molar-refractivity contribution in [1.82, 2.24) is 14.4 Å². The van der Waals surface area contributed by atoms with Crippen LogP contribution in [0.4, 0.5) is 0 Å². The molecule has 6 heteroatoms. The minimum atomic E-state index is -0.766. The molecule has 0 atom stereocenters. The lowest BCUT2D eigenvalue weighted by atomic mass is 10.2. The summed E-state index contributed by atoms with van der Waals surface area (Å²) < 4.78 is 0.909. The van der Waals surface area contributed by atoms with Gasteiger partial charge in [0.15, 0.2) is 5.65 Å². The highest BCUT2D eigenvalue weighted by Gasteiger charge is 2.11. The summed E-state index contributed by atoms with van der Waals surface area (Å²) >= 11 is 0. The number of hydrogen-bond acceptors (Lipinski definition) is 4. The van der Waals surface area contributed by atoms with Crippen molar-refractivity contribution >= 4 is 22.1 Å². The van der Waals surface area contributed by atoms with Gasteiger partial charge in [0.1, 0.15) is 0 Å². The van der Waals surface area contributed by atoms with Gasteiger partial charge < -0.3 is 0 Å². The highest BCUT2D eigenvalue weighted by atomic mass is 16.2. The van der Waals surface area contributed by atoms with Crippen molar-refractivity contribution in [3.05, 3.63) is 60.7 Å². The predicted molar refractivity (Wildman–Crippen MR) is 75.8 cm³/mol. The number of para-hydroxylation sites is 1. The van der Waals surface area contributed by atoms with Crippen molar-refractivity contribution in [1.29, 1.82) is 0 Å². The Morgan fingerprint density at radius 1 is 1.15 bits per heavy atom. The molecule has 0 aliphatic carbocycles. The number of H-pyrrole nitrogens is 1. The van der Waals surface area contributed by atoms with E-state index in [1.54, 1.807) is 38.1 Å². The molecule has 3 rings (SSSR count). The fourth-order valence-electron chi connectivity index (χ4n) is 2.26. The number of hydrogen-bond donors (Lipinski definition) is 1. The topological polar surface area (TPSA) is 84.3 Å². The molecule has 0 amide bonds. The minimum absolute atomic E-state index is 0.0995. The van der Waals surface area contributed by atoms with Crippen molar-refractivity contribution in [3.63, 3.8) is 0 Å². The third kappa shape index (κ3) is 1.58. The van der Waals surface area contributed by atoms with Crippen LogP contribution in [0.5, 0.6) is 0 Å². The first-order valence-electron chi connectivity index (χ1n) is 6.06. The average molecular weight is 269 g/mol. The van der Waals surface area contributed by atoms with Gasteiger partial charge in [-0.15, -0.1) is 0 Å². The molecule has 2 aromatic heterocycles. The van der Waals surface area contributed by atoms with Gasteiger partial charge in [-0.05, 0) is 26.0 Å². The zero-order chi connectivity index (χ0) is 14.4. The van der Waals surface area contributed by atoms with E-state index in [-0.39, 0.29) is 10.9 Å². The van der Waals surface area contributed by atoms with E-state index in [1.807, 2.05) is 0 Å². The largest absolute Gasteiger partial charge is 0.337 e. The summed E-state index contributed by atoms with van der Waals surface area (Å²) in [6, 6.07) is 6.73. The van der Waals surface area contributed by atoms with E-state index in [0.29, 0.717) is 16.5 Å². The average Bonchev–Trinajstić information content (AvgIpc) is 2.37. The SMILES string of the molecule is CC(C)=c1c(=O)[nH]c(=O)n2c(=O)c3ccccc3nc12. The Kier molecular flexibility index (Phi) is 2.53. The van der Waals surface area contributed by atoms with Gasteiger partial charge in [0, 0.05) is 0 Å². The Bertz CT molecular complexity index is 1070. The third-order valence-electron chi connectivity index (χ3n) is 3.15. The smallest absolute Gasteiger partial charge is 0.273 e. The monoisotopic (exact) mass is 269 g/mol. The predicted octanol–water partition coefficient (Wildman–Crippen LogP) is -0.194. The van der Waals surface area contributed by atoms with Crippen molar-refractivity contribution in [2.24, 2.45) is 0 Å². The van der Waals surface area contributed by atoms with Gasteiger partial charge >= 0.3 is 5.69 Å². The molecular formula is C14H11N3O3. The molecule has 2 heterocycles. The van der Waals surface area contributed by atoms with Crippen LogP contribution in [0.25, 0.3) is 22.1 Å². The van der Waals surface area contributed by atoms with E-state index in [1.165, 1.54) is 0 Å². The van der Waals surface area contributed by atoms with E-state index in [2.05, 4.69) is 9.97 Å². The number of nitrogens with zero attached hydrogens (tertiary/aromatic N) is 2. The van der Waals surface area contributed by atoms with Crippen molar-refractivity contribution in [2.75, 3.05) is 0 Å². The Morgan fingerprint density at radius 3 is 2.55 bits per heavy atom. The van der Waals surface area contributed by atoms with Crippen LogP contribution in [0.1, 0.15) is 13.8 Å². The second kappa shape index (κ2) is 4.12. The molecule has 3 aromatic rings. The number of aromatic nitrogens is 3. The lowest BCUT2D eigenvalue weighted by Crippen LogP contribution is -2.43. The molecule has 0 fully saturated rings. The Hall–Kier alpha value is -2.76. The van der Waals surface area contributed by atoms with Crippen molar-refractivity contribution < 1.29 is 0 Å². The molecule has 0 aliphatic rings. The third-order valence-corrected chi connectivity index (χ3v) is 3.15. The summed E-state index contributed by atoms with van der Waals surface area (Å²) in [7, 11) is 0. The summed E-state index contributed by atoms with van der Waals surface area (Å²) in [5.74, 6) is 0. The molecule has 0 aliphatic heterocycles. The molecule has 20 heavy (non-hydrogen) atoms. The first-order valence-corrected chi connectivity index (χ1v) is 6.06. The summed E-state index contributed by atoms with van der Waals surface area (Å²) in [5.41, 5.74) is -0.525. The van der Waals surface area contributed by atoms with Crippen LogP contribution in [0, 0.1) is 0 Å². The summed E-state index contributed by atoms with van der Waals surface area (Å²) in [5, 5.41) is 0.598. The van der Waals surface area contributed by atoms with Gasteiger partial charge in [0.25, 0.3) is 11.1 Å². The normalized spacial score (nSPS) is 11.1. The Morgan fingerprint density at radius 2 is 1.85 bits per heavy atom. The first kappa shape index (κ1) is 12.3. The lowest BCUT2D eigenvalue weighted by molar-refractivity contribution is 0.915. The molecule has 1 aromatic carbocycles. The quantitative estimate of drug-likeness (QED) is 0.573. The second-order valence-corrected chi connectivity index (χ2v) is 4.73. The van der Waals surface area contributed by atoms with Gasteiger partial charge in [-0.2, -0.15) is 0 Å². The fraction of sp³-hybridized carbons (Fsp3) is 0.143. The maximum Gasteiger partial charge on any atom is 0.337 e.